The topological polar surface area (TPSA) is 79.3 Å². The molecule has 2 N–H and O–H groups in total. The van der Waals surface area contributed by atoms with Crippen molar-refractivity contribution in [1.29, 1.82) is 0 Å². The molecule has 0 radical (unpaired) electrons. The molecule has 1 heterocycles. The molecule has 0 aliphatic heterocycles. The summed E-state index contributed by atoms with van der Waals surface area (Å²) < 4.78 is 0. The van der Waals surface area contributed by atoms with Crippen LogP contribution in [0.4, 0.5) is 5.13 Å². The minimum Gasteiger partial charge on any atom is -0.481 e. The van der Waals surface area contributed by atoms with Crippen LogP contribution in [0.3, 0.4) is 0 Å². The van der Waals surface area contributed by atoms with Gasteiger partial charge in [-0.1, -0.05) is 57.6 Å². The van der Waals surface area contributed by atoms with Gasteiger partial charge in [0.25, 0.3) is 0 Å². The maximum absolute atomic E-state index is 11.9. The van der Waals surface area contributed by atoms with Crippen molar-refractivity contribution in [2.45, 2.75) is 90.4 Å². The lowest BCUT2D eigenvalue weighted by Crippen LogP contribution is -2.11. The van der Waals surface area contributed by atoms with E-state index in [0.717, 1.165) is 25.7 Å². The number of carboxylic acid groups (broad SMARTS) is 1. The van der Waals surface area contributed by atoms with Gasteiger partial charge in [-0.2, -0.15) is 0 Å². The normalized spacial score (nSPS) is 11.1. The lowest BCUT2D eigenvalue weighted by molar-refractivity contribution is -0.136. The van der Waals surface area contributed by atoms with E-state index in [-0.39, 0.29) is 12.3 Å². The van der Waals surface area contributed by atoms with Crippen molar-refractivity contribution in [1.82, 2.24) is 4.98 Å². The lowest BCUT2D eigenvalue weighted by atomic mass is 10.1. The summed E-state index contributed by atoms with van der Waals surface area (Å²) in [5, 5.41) is 13.6. The summed E-state index contributed by atoms with van der Waals surface area (Å²) in [6.45, 7) is 2.24. The molecular weight excluding hydrogens is 360 g/mol. The van der Waals surface area contributed by atoms with E-state index in [1.54, 1.807) is 5.38 Å². The molecule has 5 nitrogen and oxygen atoms in total. The van der Waals surface area contributed by atoms with Crippen molar-refractivity contribution in [2.24, 2.45) is 0 Å². The predicted octanol–water partition coefficient (Wildman–Crippen LogP) is 5.97. The number of amides is 1. The number of nitrogens with one attached hydrogen (secondary N) is 1. The van der Waals surface area contributed by atoms with Gasteiger partial charge in [0.1, 0.15) is 0 Å². The summed E-state index contributed by atoms with van der Waals surface area (Å²) >= 11 is 1.27. The molecule has 1 aromatic rings. The first kappa shape index (κ1) is 23.3. The predicted molar refractivity (Wildman–Crippen MR) is 112 cm³/mol. The first-order chi connectivity index (χ1) is 13.1. The Labute approximate surface area is 167 Å². The molecule has 6 heteroatoms. The number of carbonyl (C=O) groups is 2. The molecule has 0 atom stereocenters. The summed E-state index contributed by atoms with van der Waals surface area (Å²) in [7, 11) is 0. The molecule has 1 aromatic heterocycles. The number of hydrogen-bond donors (Lipinski definition) is 2. The molecule has 0 bridgehead atoms. The second-order valence-corrected chi connectivity index (χ2v) is 7.75. The fourth-order valence-electron chi connectivity index (χ4n) is 2.79. The molecule has 152 valence electrons. The van der Waals surface area contributed by atoms with Gasteiger partial charge in [-0.15, -0.1) is 11.3 Å². The van der Waals surface area contributed by atoms with Crippen LogP contribution in [0.1, 0.15) is 89.7 Å². The van der Waals surface area contributed by atoms with Crippen molar-refractivity contribution in [3.63, 3.8) is 0 Å². The van der Waals surface area contributed by atoms with E-state index < -0.39 is 5.97 Å². The number of unbranched alkanes of at least 4 members (excludes halogenated alkanes) is 9. The number of aliphatic carboxylic acids is 1. The zero-order chi connectivity index (χ0) is 19.7. The molecular formula is C21H34N2O3S. The summed E-state index contributed by atoms with van der Waals surface area (Å²) in [6, 6.07) is 0. The Morgan fingerprint density at radius 2 is 1.67 bits per heavy atom. The zero-order valence-electron chi connectivity index (χ0n) is 16.5. The van der Waals surface area contributed by atoms with Gasteiger partial charge in [-0.05, 0) is 32.1 Å². The number of thiazole rings is 1. The van der Waals surface area contributed by atoms with E-state index >= 15 is 0 Å². The second kappa shape index (κ2) is 15.4. The van der Waals surface area contributed by atoms with E-state index in [2.05, 4.69) is 29.4 Å². The average molecular weight is 395 g/mol. The molecule has 0 spiro atoms. The number of allylic oxidation sites excluding steroid dienone is 2. The van der Waals surface area contributed by atoms with Crippen molar-refractivity contribution < 1.29 is 14.7 Å². The Bertz CT molecular complexity index is 570. The van der Waals surface area contributed by atoms with Gasteiger partial charge in [-0.3, -0.25) is 9.59 Å². The quantitative estimate of drug-likeness (QED) is 0.267. The van der Waals surface area contributed by atoms with E-state index in [0.29, 0.717) is 17.2 Å². The molecule has 0 aromatic carbocycles. The molecule has 0 unspecified atom stereocenters. The molecule has 0 fully saturated rings. The van der Waals surface area contributed by atoms with Crippen LogP contribution in [-0.2, 0) is 16.0 Å². The summed E-state index contributed by atoms with van der Waals surface area (Å²) in [5.41, 5.74) is 0.484. The highest BCUT2D eigenvalue weighted by Gasteiger charge is 2.08. The van der Waals surface area contributed by atoms with Crippen LogP contribution in [0, 0.1) is 0 Å². The third kappa shape index (κ3) is 13.2. The molecule has 0 saturated heterocycles. The molecule has 0 aliphatic rings. The Morgan fingerprint density at radius 3 is 2.33 bits per heavy atom. The first-order valence-corrected chi connectivity index (χ1v) is 11.1. The number of rotatable bonds is 16. The Kier molecular flexibility index (Phi) is 13.3. The van der Waals surface area contributed by atoms with Crippen molar-refractivity contribution in [2.75, 3.05) is 5.32 Å². The Morgan fingerprint density at radius 1 is 1.04 bits per heavy atom. The number of hydrogen-bond acceptors (Lipinski definition) is 4. The maximum Gasteiger partial charge on any atom is 0.309 e. The van der Waals surface area contributed by atoms with Crippen LogP contribution < -0.4 is 5.32 Å². The minimum atomic E-state index is -0.916. The van der Waals surface area contributed by atoms with Crippen LogP contribution in [0.25, 0.3) is 0 Å². The Balaban J connectivity index is 1.95. The van der Waals surface area contributed by atoms with E-state index in [4.69, 9.17) is 5.11 Å². The van der Waals surface area contributed by atoms with Gasteiger partial charge in [0.05, 0.1) is 12.1 Å². The fraction of sp³-hybridized carbons (Fsp3) is 0.667. The van der Waals surface area contributed by atoms with Crippen LogP contribution in [0.2, 0.25) is 0 Å². The highest BCUT2D eigenvalue weighted by molar-refractivity contribution is 7.13. The van der Waals surface area contributed by atoms with Gasteiger partial charge >= 0.3 is 5.97 Å². The number of nitrogens with zero attached hydrogens (tertiary/aromatic N) is 1. The smallest absolute Gasteiger partial charge is 0.309 e. The zero-order valence-corrected chi connectivity index (χ0v) is 17.4. The van der Waals surface area contributed by atoms with Crippen LogP contribution >= 0.6 is 11.3 Å². The molecule has 1 rings (SSSR count). The lowest BCUT2D eigenvalue weighted by Gasteiger charge is -2.02. The number of carbonyl (C=O) groups excluding carboxylic acids is 1. The third-order valence-corrected chi connectivity index (χ3v) is 5.10. The minimum absolute atomic E-state index is 0.0442. The van der Waals surface area contributed by atoms with Crippen LogP contribution in [0.15, 0.2) is 17.5 Å². The van der Waals surface area contributed by atoms with Crippen LogP contribution in [-0.4, -0.2) is 22.0 Å². The maximum atomic E-state index is 11.9. The van der Waals surface area contributed by atoms with E-state index in [1.165, 1.54) is 56.3 Å². The molecule has 0 saturated carbocycles. The van der Waals surface area contributed by atoms with E-state index in [9.17, 15) is 9.59 Å². The standard InChI is InChI=1S/C21H34N2O3S/c1-2-3-4-5-6-7-8-9-10-11-12-13-14-15-19(24)23-21-22-18(17-27-21)16-20(25)26/h7-8,17H,2-6,9-16H2,1H3,(H,25,26)(H,22,23,24). The third-order valence-electron chi connectivity index (χ3n) is 4.30. The highest BCUT2D eigenvalue weighted by atomic mass is 32.1. The first-order valence-electron chi connectivity index (χ1n) is 10.2. The van der Waals surface area contributed by atoms with Crippen molar-refractivity contribution in [3.05, 3.63) is 23.2 Å². The van der Waals surface area contributed by atoms with Gasteiger partial charge in [0.15, 0.2) is 5.13 Å². The summed E-state index contributed by atoms with van der Waals surface area (Å²) in [5.74, 6) is -0.960. The number of anilines is 1. The van der Waals surface area contributed by atoms with Crippen LogP contribution in [0.5, 0.6) is 0 Å². The average Bonchev–Trinajstić information content (AvgIpc) is 3.05. The fourth-order valence-corrected chi connectivity index (χ4v) is 3.51. The van der Waals surface area contributed by atoms with Crippen molar-refractivity contribution in [3.8, 4) is 0 Å². The van der Waals surface area contributed by atoms with E-state index in [1.807, 2.05) is 0 Å². The largest absolute Gasteiger partial charge is 0.481 e. The summed E-state index contributed by atoms with van der Waals surface area (Å²) in [4.78, 5) is 26.6. The van der Waals surface area contributed by atoms with Gasteiger partial charge < -0.3 is 10.4 Å². The Hall–Kier alpha value is -1.69. The number of carboxylic acids is 1. The molecule has 1 amide bonds. The van der Waals surface area contributed by atoms with Gasteiger partial charge in [0, 0.05) is 11.8 Å². The van der Waals surface area contributed by atoms with Gasteiger partial charge in [0.2, 0.25) is 5.91 Å². The second-order valence-electron chi connectivity index (χ2n) is 6.89. The highest BCUT2D eigenvalue weighted by Crippen LogP contribution is 2.16. The van der Waals surface area contributed by atoms with Gasteiger partial charge in [-0.25, -0.2) is 4.98 Å². The SMILES string of the molecule is CCCCCCC=CCCCCCCCC(=O)Nc1nc(CC(=O)O)cs1. The summed E-state index contributed by atoms with van der Waals surface area (Å²) in [6.07, 6.45) is 18.2. The van der Waals surface area contributed by atoms with Crippen molar-refractivity contribution >= 4 is 28.3 Å². The monoisotopic (exact) mass is 394 g/mol. The molecule has 0 aliphatic carbocycles. The molecule has 27 heavy (non-hydrogen) atoms. The number of aromatic nitrogens is 1.